The molecule has 19 heavy (non-hydrogen) atoms. The highest BCUT2D eigenvalue weighted by molar-refractivity contribution is 6.12. The molecule has 0 unspecified atom stereocenters. The van der Waals surface area contributed by atoms with Gasteiger partial charge in [-0.2, -0.15) is 0 Å². The molecule has 96 valence electrons. The van der Waals surface area contributed by atoms with Crippen molar-refractivity contribution < 1.29 is 9.53 Å². The van der Waals surface area contributed by atoms with Crippen molar-refractivity contribution in [2.45, 2.75) is 6.42 Å². The van der Waals surface area contributed by atoms with Gasteiger partial charge in [-0.15, -0.1) is 0 Å². The van der Waals surface area contributed by atoms with Gasteiger partial charge in [-0.1, -0.05) is 0 Å². The Morgan fingerprint density at radius 2 is 1.95 bits per heavy atom. The van der Waals surface area contributed by atoms with E-state index in [0.29, 0.717) is 29.1 Å². The van der Waals surface area contributed by atoms with Crippen LogP contribution >= 0.6 is 0 Å². The van der Waals surface area contributed by atoms with Crippen LogP contribution in [0.4, 0.5) is 11.4 Å². The fourth-order valence-corrected chi connectivity index (χ4v) is 2.27. The molecule has 1 heterocycles. The van der Waals surface area contributed by atoms with Gasteiger partial charge in [-0.25, -0.2) is 0 Å². The van der Waals surface area contributed by atoms with Gasteiger partial charge in [0.05, 0.1) is 6.61 Å². The van der Waals surface area contributed by atoms with Gasteiger partial charge in [-0.3, -0.25) is 4.79 Å². The van der Waals surface area contributed by atoms with E-state index in [1.54, 1.807) is 24.3 Å². The van der Waals surface area contributed by atoms with Gasteiger partial charge in [-0.05, 0) is 42.0 Å². The first-order valence-electron chi connectivity index (χ1n) is 6.10. The Morgan fingerprint density at radius 1 is 1.11 bits per heavy atom. The normalized spacial score (nSPS) is 12.8. The Hall–Kier alpha value is -2.49. The summed E-state index contributed by atoms with van der Waals surface area (Å²) < 4.78 is 5.43. The van der Waals surface area contributed by atoms with Gasteiger partial charge in [0.2, 0.25) is 0 Å². The minimum atomic E-state index is -0.0906. The summed E-state index contributed by atoms with van der Waals surface area (Å²) in [7, 11) is 0. The van der Waals surface area contributed by atoms with Crippen LogP contribution in [0.3, 0.4) is 0 Å². The van der Waals surface area contributed by atoms with Crippen molar-refractivity contribution in [2.75, 3.05) is 18.1 Å². The van der Waals surface area contributed by atoms with Crippen LogP contribution < -0.4 is 16.2 Å². The second-order valence-electron chi connectivity index (χ2n) is 4.60. The van der Waals surface area contributed by atoms with Gasteiger partial charge in [0.1, 0.15) is 5.75 Å². The maximum absolute atomic E-state index is 12.4. The molecule has 0 radical (unpaired) electrons. The number of carbonyl (C=O) groups is 1. The Bertz CT molecular complexity index is 665. The molecule has 2 aromatic rings. The van der Waals surface area contributed by atoms with Gasteiger partial charge in [0.25, 0.3) is 0 Å². The van der Waals surface area contributed by atoms with Crippen LogP contribution in [-0.4, -0.2) is 12.4 Å². The maximum Gasteiger partial charge on any atom is 0.195 e. The topological polar surface area (TPSA) is 78.3 Å². The number of anilines is 2. The molecule has 2 aromatic carbocycles. The standard InChI is InChI=1S/C15H14N2O2/c16-11-2-3-12(13(17)8-11)15(18)10-1-4-14-9(7-10)5-6-19-14/h1-4,7-8H,5-6,16-17H2. The van der Waals surface area contributed by atoms with E-state index in [9.17, 15) is 4.79 Å². The first-order chi connectivity index (χ1) is 9.15. The summed E-state index contributed by atoms with van der Waals surface area (Å²) in [5, 5.41) is 0. The summed E-state index contributed by atoms with van der Waals surface area (Å²) in [5.41, 5.74) is 14.6. The number of ketones is 1. The Balaban J connectivity index is 2.00. The third-order valence-corrected chi connectivity index (χ3v) is 3.27. The minimum absolute atomic E-state index is 0.0906. The third kappa shape index (κ3) is 2.01. The molecule has 0 fully saturated rings. The number of hydrogen-bond acceptors (Lipinski definition) is 4. The fraction of sp³-hybridized carbons (Fsp3) is 0.133. The van der Waals surface area contributed by atoms with Gasteiger partial charge in [0, 0.05) is 28.9 Å². The quantitative estimate of drug-likeness (QED) is 0.634. The smallest absolute Gasteiger partial charge is 0.195 e. The number of hydrogen-bond donors (Lipinski definition) is 2. The second kappa shape index (κ2) is 4.31. The minimum Gasteiger partial charge on any atom is -0.493 e. The molecule has 3 rings (SSSR count). The van der Waals surface area contributed by atoms with Crippen molar-refractivity contribution in [1.82, 2.24) is 0 Å². The van der Waals surface area contributed by atoms with Crippen molar-refractivity contribution >= 4 is 17.2 Å². The van der Waals surface area contributed by atoms with Crippen LogP contribution in [0.25, 0.3) is 0 Å². The SMILES string of the molecule is Nc1ccc(C(=O)c2ccc3c(c2)CCO3)c(N)c1. The lowest BCUT2D eigenvalue weighted by Crippen LogP contribution is -2.06. The predicted molar refractivity (Wildman–Crippen MR) is 74.3 cm³/mol. The largest absolute Gasteiger partial charge is 0.493 e. The van der Waals surface area contributed by atoms with Crippen molar-refractivity contribution in [3.8, 4) is 5.75 Å². The Labute approximate surface area is 111 Å². The number of ether oxygens (including phenoxy) is 1. The van der Waals surface area contributed by atoms with Crippen molar-refractivity contribution in [3.05, 3.63) is 53.1 Å². The maximum atomic E-state index is 12.4. The molecule has 4 N–H and O–H groups in total. The van der Waals surface area contributed by atoms with E-state index >= 15 is 0 Å². The zero-order valence-electron chi connectivity index (χ0n) is 10.3. The predicted octanol–water partition coefficient (Wildman–Crippen LogP) is 2.02. The van der Waals surface area contributed by atoms with E-state index in [-0.39, 0.29) is 5.78 Å². The molecular formula is C15H14N2O2. The highest BCUT2D eigenvalue weighted by atomic mass is 16.5. The average Bonchev–Trinajstić information content (AvgIpc) is 2.85. The van der Waals surface area contributed by atoms with Gasteiger partial charge >= 0.3 is 0 Å². The number of nitrogen functional groups attached to an aromatic ring is 2. The lowest BCUT2D eigenvalue weighted by atomic mass is 9.99. The lowest BCUT2D eigenvalue weighted by molar-refractivity contribution is 0.103. The van der Waals surface area contributed by atoms with Crippen LogP contribution in [0.1, 0.15) is 21.5 Å². The Kier molecular flexibility index (Phi) is 2.63. The highest BCUT2D eigenvalue weighted by Gasteiger charge is 2.17. The summed E-state index contributed by atoms with van der Waals surface area (Å²) in [6.45, 7) is 0.678. The second-order valence-corrected chi connectivity index (χ2v) is 4.60. The first-order valence-corrected chi connectivity index (χ1v) is 6.10. The number of benzene rings is 2. The molecule has 1 aliphatic heterocycles. The molecule has 4 nitrogen and oxygen atoms in total. The monoisotopic (exact) mass is 254 g/mol. The number of carbonyl (C=O) groups excluding carboxylic acids is 1. The van der Waals surface area contributed by atoms with Crippen molar-refractivity contribution in [1.29, 1.82) is 0 Å². The van der Waals surface area contributed by atoms with Crippen LogP contribution in [0.2, 0.25) is 0 Å². The Morgan fingerprint density at radius 3 is 2.74 bits per heavy atom. The summed E-state index contributed by atoms with van der Waals surface area (Å²) in [6.07, 6.45) is 0.841. The molecule has 0 spiro atoms. The van der Waals surface area contributed by atoms with Crippen LogP contribution in [0.5, 0.6) is 5.75 Å². The van der Waals surface area contributed by atoms with E-state index in [1.807, 2.05) is 12.1 Å². The highest BCUT2D eigenvalue weighted by Crippen LogP contribution is 2.27. The molecular weight excluding hydrogens is 240 g/mol. The zero-order valence-corrected chi connectivity index (χ0v) is 10.3. The van der Waals surface area contributed by atoms with Crippen molar-refractivity contribution in [3.63, 3.8) is 0 Å². The molecule has 4 heteroatoms. The summed E-state index contributed by atoms with van der Waals surface area (Å²) in [4.78, 5) is 12.4. The number of nitrogens with two attached hydrogens (primary N) is 2. The van der Waals surface area contributed by atoms with E-state index in [4.69, 9.17) is 16.2 Å². The molecule has 0 saturated heterocycles. The lowest BCUT2D eigenvalue weighted by Gasteiger charge is -2.07. The van der Waals surface area contributed by atoms with E-state index in [2.05, 4.69) is 0 Å². The molecule has 0 saturated carbocycles. The number of fused-ring (bicyclic) bond motifs is 1. The first kappa shape index (κ1) is 11.6. The molecule has 0 amide bonds. The van der Waals surface area contributed by atoms with E-state index < -0.39 is 0 Å². The van der Waals surface area contributed by atoms with E-state index in [1.165, 1.54) is 0 Å². The fourth-order valence-electron chi connectivity index (χ4n) is 2.27. The summed E-state index contributed by atoms with van der Waals surface area (Å²) >= 11 is 0. The van der Waals surface area contributed by atoms with Crippen LogP contribution in [0.15, 0.2) is 36.4 Å². The van der Waals surface area contributed by atoms with Crippen LogP contribution in [0, 0.1) is 0 Å². The van der Waals surface area contributed by atoms with Crippen LogP contribution in [-0.2, 0) is 6.42 Å². The molecule has 0 aromatic heterocycles. The molecule has 0 atom stereocenters. The number of rotatable bonds is 2. The van der Waals surface area contributed by atoms with Gasteiger partial charge < -0.3 is 16.2 Å². The molecule has 1 aliphatic rings. The zero-order chi connectivity index (χ0) is 13.4. The third-order valence-electron chi connectivity index (χ3n) is 3.27. The van der Waals surface area contributed by atoms with Crippen molar-refractivity contribution in [2.24, 2.45) is 0 Å². The summed E-state index contributed by atoms with van der Waals surface area (Å²) in [5.74, 6) is 0.772. The van der Waals surface area contributed by atoms with E-state index in [0.717, 1.165) is 17.7 Å². The van der Waals surface area contributed by atoms with Gasteiger partial charge in [0.15, 0.2) is 5.78 Å². The molecule has 0 bridgehead atoms. The summed E-state index contributed by atoms with van der Waals surface area (Å²) in [6, 6.07) is 10.4. The molecule has 0 aliphatic carbocycles. The average molecular weight is 254 g/mol.